The molecule has 0 saturated carbocycles. The zero-order valence-corrected chi connectivity index (χ0v) is 8.90. The van der Waals surface area contributed by atoms with Gasteiger partial charge in [-0.05, 0) is 21.1 Å². The van der Waals surface area contributed by atoms with E-state index in [4.69, 9.17) is 9.94 Å². The number of nitrogens with zero attached hydrogens (tertiary/aromatic N) is 1. The van der Waals surface area contributed by atoms with Crippen LogP contribution in [0.15, 0.2) is 29.4 Å². The molecule has 14 heavy (non-hydrogen) atoms. The monoisotopic (exact) mass is 209 g/mol. The third-order valence-electron chi connectivity index (χ3n) is 2.06. The maximum atomic E-state index is 8.88. The lowest BCUT2D eigenvalue weighted by molar-refractivity contribution is 0.128. The molecule has 0 spiro atoms. The zero-order chi connectivity index (χ0) is 9.97. The van der Waals surface area contributed by atoms with Crippen molar-refractivity contribution in [1.82, 2.24) is 0 Å². The van der Waals surface area contributed by atoms with Crippen LogP contribution in [-0.4, -0.2) is 17.2 Å². The fraction of sp³-hybridized carbons (Fsp3) is 0.300. The molecule has 2 unspecified atom stereocenters. The molecule has 1 N–H and O–H groups in total. The molecule has 1 aliphatic heterocycles. The zero-order valence-electron chi connectivity index (χ0n) is 7.90. The highest BCUT2D eigenvalue weighted by molar-refractivity contribution is 7.59. The first-order valence-corrected chi connectivity index (χ1v) is 5.54. The van der Waals surface area contributed by atoms with Crippen molar-refractivity contribution in [2.24, 2.45) is 5.16 Å². The van der Waals surface area contributed by atoms with Gasteiger partial charge in [0.25, 0.3) is 0 Å². The number of aryl methyl sites for hydroxylation is 1. The molecular formula is C10H12NO2P. The minimum absolute atomic E-state index is 0.000754. The molecule has 0 aromatic heterocycles. The highest BCUT2D eigenvalue weighted by atomic mass is 31.1. The summed E-state index contributed by atoms with van der Waals surface area (Å²) in [5.74, 6) is 0.0112. The Kier molecular flexibility index (Phi) is 2.80. The molecular weight excluding hydrogens is 197 g/mol. The van der Waals surface area contributed by atoms with Gasteiger partial charge in [-0.2, -0.15) is 0 Å². The van der Waals surface area contributed by atoms with Crippen LogP contribution in [0.1, 0.15) is 17.0 Å². The summed E-state index contributed by atoms with van der Waals surface area (Å²) in [6, 6.07) is 8.18. The molecule has 74 valence electrons. The standard InChI is InChI=1S/C10H12NO2P/c1-7-3-2-4-8(5-7)10-13-11-9(6-12)14-10/h2-5,10,12,14H,6H2,1H3. The molecule has 4 heteroatoms. The van der Waals surface area contributed by atoms with Crippen molar-refractivity contribution in [1.29, 1.82) is 0 Å². The second-order valence-corrected chi connectivity index (χ2v) is 4.63. The van der Waals surface area contributed by atoms with Crippen molar-refractivity contribution in [3.63, 3.8) is 0 Å². The van der Waals surface area contributed by atoms with E-state index >= 15 is 0 Å². The molecule has 1 aromatic carbocycles. The van der Waals surface area contributed by atoms with Crippen LogP contribution in [0.2, 0.25) is 0 Å². The molecule has 0 amide bonds. The lowest BCUT2D eigenvalue weighted by atomic mass is 10.1. The smallest absolute Gasteiger partial charge is 0.173 e. The van der Waals surface area contributed by atoms with Crippen molar-refractivity contribution in [3.05, 3.63) is 35.4 Å². The number of aliphatic hydroxyl groups is 1. The highest BCUT2D eigenvalue weighted by Gasteiger charge is 2.21. The first-order chi connectivity index (χ1) is 6.79. The Hall–Kier alpha value is -0.920. The van der Waals surface area contributed by atoms with E-state index in [9.17, 15) is 0 Å². The third-order valence-corrected chi connectivity index (χ3v) is 3.34. The molecule has 1 aliphatic rings. The normalized spacial score (nSPS) is 22.1. The van der Waals surface area contributed by atoms with Crippen LogP contribution in [0.4, 0.5) is 0 Å². The Balaban J connectivity index is 2.12. The number of oxime groups is 1. The Morgan fingerprint density at radius 2 is 2.43 bits per heavy atom. The summed E-state index contributed by atoms with van der Waals surface area (Å²) >= 11 is 0. The summed E-state index contributed by atoms with van der Waals surface area (Å²) in [7, 11) is 0.442. The van der Waals surface area contributed by atoms with Crippen molar-refractivity contribution >= 4 is 14.0 Å². The van der Waals surface area contributed by atoms with E-state index in [0.717, 1.165) is 11.0 Å². The molecule has 0 fully saturated rings. The van der Waals surface area contributed by atoms with Gasteiger partial charge in [0.1, 0.15) is 5.45 Å². The Morgan fingerprint density at radius 1 is 1.57 bits per heavy atom. The first-order valence-electron chi connectivity index (χ1n) is 4.46. The number of rotatable bonds is 2. The van der Waals surface area contributed by atoms with Crippen LogP contribution in [-0.2, 0) is 4.84 Å². The second-order valence-electron chi connectivity index (χ2n) is 3.24. The largest absolute Gasteiger partial charge is 0.390 e. The van der Waals surface area contributed by atoms with Crippen molar-refractivity contribution in [3.8, 4) is 0 Å². The van der Waals surface area contributed by atoms with Gasteiger partial charge >= 0.3 is 0 Å². The molecule has 0 radical (unpaired) electrons. The van der Waals surface area contributed by atoms with Crippen LogP contribution < -0.4 is 0 Å². The summed E-state index contributed by atoms with van der Waals surface area (Å²) < 4.78 is 0. The summed E-state index contributed by atoms with van der Waals surface area (Å²) in [5, 5.41) is 12.7. The van der Waals surface area contributed by atoms with Crippen LogP contribution in [0.25, 0.3) is 0 Å². The fourth-order valence-corrected chi connectivity index (χ4v) is 2.32. The van der Waals surface area contributed by atoms with Crippen molar-refractivity contribution in [2.45, 2.75) is 12.8 Å². The molecule has 1 aromatic rings. The Morgan fingerprint density at radius 3 is 3.07 bits per heavy atom. The van der Waals surface area contributed by atoms with Crippen LogP contribution in [0.5, 0.6) is 0 Å². The van der Waals surface area contributed by atoms with Gasteiger partial charge in [0, 0.05) is 0 Å². The van der Waals surface area contributed by atoms with Gasteiger partial charge < -0.3 is 9.94 Å². The lowest BCUT2D eigenvalue weighted by Gasteiger charge is -2.08. The topological polar surface area (TPSA) is 41.8 Å². The second kappa shape index (κ2) is 4.07. The summed E-state index contributed by atoms with van der Waals surface area (Å²) in [6.45, 7) is 2.05. The Bertz CT molecular complexity index is 365. The average molecular weight is 209 g/mol. The first kappa shape index (κ1) is 9.63. The van der Waals surface area contributed by atoms with Gasteiger partial charge in [-0.25, -0.2) is 0 Å². The van der Waals surface area contributed by atoms with E-state index in [-0.39, 0.29) is 12.5 Å². The number of hydrogen-bond acceptors (Lipinski definition) is 3. The predicted octanol–water partition coefficient (Wildman–Crippen LogP) is 2.01. The van der Waals surface area contributed by atoms with E-state index in [1.807, 2.05) is 12.1 Å². The van der Waals surface area contributed by atoms with Crippen LogP contribution in [0.3, 0.4) is 0 Å². The minimum atomic E-state index is 0.000754. The van der Waals surface area contributed by atoms with Crippen molar-refractivity contribution in [2.75, 3.05) is 6.61 Å². The summed E-state index contributed by atoms with van der Waals surface area (Å²) in [4.78, 5) is 5.24. The van der Waals surface area contributed by atoms with E-state index in [1.54, 1.807) is 0 Å². The van der Waals surface area contributed by atoms with Gasteiger partial charge in [-0.15, -0.1) is 0 Å². The highest BCUT2D eigenvalue weighted by Crippen LogP contribution is 2.41. The van der Waals surface area contributed by atoms with Gasteiger partial charge in [0.15, 0.2) is 5.85 Å². The maximum Gasteiger partial charge on any atom is 0.173 e. The van der Waals surface area contributed by atoms with E-state index < -0.39 is 0 Å². The minimum Gasteiger partial charge on any atom is -0.390 e. The van der Waals surface area contributed by atoms with Gasteiger partial charge in [-0.3, -0.25) is 0 Å². The van der Waals surface area contributed by atoms with Gasteiger partial charge in [0.05, 0.1) is 6.61 Å². The van der Waals surface area contributed by atoms with Crippen molar-refractivity contribution < 1.29 is 9.94 Å². The van der Waals surface area contributed by atoms with E-state index in [1.165, 1.54) is 5.56 Å². The maximum absolute atomic E-state index is 8.88. The predicted molar refractivity (Wildman–Crippen MR) is 57.8 cm³/mol. The summed E-state index contributed by atoms with van der Waals surface area (Å²) in [6.07, 6.45) is 0. The van der Waals surface area contributed by atoms with E-state index in [0.29, 0.717) is 8.58 Å². The quantitative estimate of drug-likeness (QED) is 0.757. The molecule has 0 aliphatic carbocycles. The fourth-order valence-electron chi connectivity index (χ4n) is 1.37. The van der Waals surface area contributed by atoms with Gasteiger partial charge in [-0.1, -0.05) is 35.0 Å². The molecule has 2 rings (SSSR count). The number of benzene rings is 1. The molecule has 3 nitrogen and oxygen atoms in total. The summed E-state index contributed by atoms with van der Waals surface area (Å²) in [5.41, 5.74) is 3.10. The number of hydrogen-bond donors (Lipinski definition) is 1. The molecule has 0 bridgehead atoms. The van der Waals surface area contributed by atoms with Gasteiger partial charge in [0.2, 0.25) is 0 Å². The molecule has 1 heterocycles. The number of aliphatic hydroxyl groups excluding tert-OH is 1. The molecule has 2 atom stereocenters. The van der Waals surface area contributed by atoms with Crippen LogP contribution in [0, 0.1) is 6.92 Å². The van der Waals surface area contributed by atoms with E-state index in [2.05, 4.69) is 24.2 Å². The lowest BCUT2D eigenvalue weighted by Crippen LogP contribution is -1.94. The third kappa shape index (κ3) is 1.94. The SMILES string of the molecule is Cc1cccc(C2ON=C(CO)P2)c1. The molecule has 0 saturated heterocycles. The average Bonchev–Trinajstić information content (AvgIpc) is 2.66. The van der Waals surface area contributed by atoms with Crippen LogP contribution >= 0.6 is 8.58 Å². The Labute approximate surface area is 84.6 Å².